The zero-order valence-electron chi connectivity index (χ0n) is 12.5. The maximum atomic E-state index is 13.6. The third kappa shape index (κ3) is 2.74. The first-order valence-corrected chi connectivity index (χ1v) is 7.61. The third-order valence-corrected chi connectivity index (χ3v) is 4.35. The van der Waals surface area contributed by atoms with Gasteiger partial charge >= 0.3 is 0 Å². The Morgan fingerprint density at radius 3 is 2.52 bits per heavy atom. The van der Waals surface area contributed by atoms with Gasteiger partial charge in [-0.3, -0.25) is 4.79 Å². The summed E-state index contributed by atoms with van der Waals surface area (Å²) in [5.41, 5.74) is 0.707. The lowest BCUT2D eigenvalue weighted by Gasteiger charge is -2.10. The monoisotopic (exact) mass is 313 g/mol. The largest absolute Gasteiger partial charge is 0.489 e. The normalized spacial score (nSPS) is 17.4. The molecule has 1 aliphatic carbocycles. The summed E-state index contributed by atoms with van der Waals surface area (Å²) >= 11 is 0. The van der Waals surface area contributed by atoms with E-state index in [2.05, 4.69) is 5.32 Å². The molecule has 0 unspecified atom stereocenters. The Balaban J connectivity index is 1.55. The molecular formula is C18H16FNO3. The molecule has 1 saturated carbocycles. The van der Waals surface area contributed by atoms with Crippen LogP contribution in [0.4, 0.5) is 10.1 Å². The number of hydrogen-bond acceptors (Lipinski definition) is 3. The van der Waals surface area contributed by atoms with E-state index in [1.165, 1.54) is 12.1 Å². The summed E-state index contributed by atoms with van der Waals surface area (Å²) in [6.45, 7) is 1.26. The van der Waals surface area contributed by atoms with E-state index in [1.54, 1.807) is 30.3 Å². The van der Waals surface area contributed by atoms with Crippen LogP contribution in [0, 0.1) is 11.2 Å². The number of hydrogen-bond donors (Lipinski definition) is 1. The maximum Gasteiger partial charge on any atom is 0.255 e. The number of carbonyl (C=O) groups excluding carboxylic acids is 1. The predicted octanol–water partition coefficient (Wildman–Crippen LogP) is 3.63. The molecule has 1 heterocycles. The van der Waals surface area contributed by atoms with Gasteiger partial charge in [0.1, 0.15) is 5.82 Å². The molecule has 0 saturated heterocycles. The molecule has 1 amide bonds. The van der Waals surface area contributed by atoms with Gasteiger partial charge in [-0.05, 0) is 43.2 Å². The van der Waals surface area contributed by atoms with Gasteiger partial charge in [0.2, 0.25) is 0 Å². The summed E-state index contributed by atoms with van der Waals surface area (Å²) in [7, 11) is 0. The van der Waals surface area contributed by atoms with Crippen LogP contribution in [-0.2, 0) is 0 Å². The van der Waals surface area contributed by atoms with Gasteiger partial charge in [-0.1, -0.05) is 12.1 Å². The van der Waals surface area contributed by atoms with E-state index < -0.39 is 5.82 Å². The number of halogens is 1. The van der Waals surface area contributed by atoms with Gasteiger partial charge in [-0.25, -0.2) is 4.39 Å². The maximum absolute atomic E-state index is 13.6. The highest BCUT2D eigenvalue weighted by atomic mass is 19.1. The van der Waals surface area contributed by atoms with Gasteiger partial charge in [-0.15, -0.1) is 0 Å². The minimum Gasteiger partial charge on any atom is -0.489 e. The lowest BCUT2D eigenvalue weighted by atomic mass is 10.1. The summed E-state index contributed by atoms with van der Waals surface area (Å²) in [6.07, 6.45) is 2.23. The quantitative estimate of drug-likeness (QED) is 0.921. The number of nitrogens with one attached hydrogen (secondary N) is 1. The molecule has 1 N–H and O–H groups in total. The van der Waals surface area contributed by atoms with Crippen molar-refractivity contribution in [3.05, 3.63) is 53.8 Å². The second-order valence-electron chi connectivity index (χ2n) is 6.17. The molecule has 118 valence electrons. The Kier molecular flexibility index (Phi) is 3.22. The molecule has 1 aliphatic heterocycles. The van der Waals surface area contributed by atoms with Crippen molar-refractivity contribution in [2.24, 2.45) is 5.41 Å². The first-order valence-electron chi connectivity index (χ1n) is 7.61. The molecule has 1 fully saturated rings. The molecule has 4 nitrogen and oxygen atoms in total. The first kappa shape index (κ1) is 14.1. The molecule has 2 aliphatic rings. The molecule has 4 rings (SSSR count). The fourth-order valence-corrected chi connectivity index (χ4v) is 2.61. The van der Waals surface area contributed by atoms with Crippen LogP contribution in [0.1, 0.15) is 23.2 Å². The van der Waals surface area contributed by atoms with E-state index in [1.807, 2.05) is 0 Å². The minimum atomic E-state index is -0.467. The standard InChI is InChI=1S/C18H16FNO3/c19-13-3-1-2-4-14(13)20-17(21)12-5-6-15-16(9-12)23-11-18(7-8-18)10-22-15/h1-6,9H,7-8,10-11H2,(H,20,21). The average molecular weight is 313 g/mol. The van der Waals surface area contributed by atoms with Crippen molar-refractivity contribution in [3.8, 4) is 11.5 Å². The Bertz CT molecular complexity index is 771. The SMILES string of the molecule is O=C(Nc1ccccc1F)c1ccc2c(c1)OCC1(CC1)CO2. The van der Waals surface area contributed by atoms with Crippen LogP contribution in [0.2, 0.25) is 0 Å². The molecule has 5 heteroatoms. The van der Waals surface area contributed by atoms with Crippen LogP contribution in [0.25, 0.3) is 0 Å². The summed E-state index contributed by atoms with van der Waals surface area (Å²) in [5, 5.41) is 2.57. The van der Waals surface area contributed by atoms with Crippen LogP contribution in [0.15, 0.2) is 42.5 Å². The van der Waals surface area contributed by atoms with Gasteiger partial charge in [0, 0.05) is 11.0 Å². The van der Waals surface area contributed by atoms with E-state index in [4.69, 9.17) is 9.47 Å². The van der Waals surface area contributed by atoms with Crippen LogP contribution < -0.4 is 14.8 Å². The fourth-order valence-electron chi connectivity index (χ4n) is 2.61. The Morgan fingerprint density at radius 2 is 1.78 bits per heavy atom. The summed E-state index contributed by atoms with van der Waals surface area (Å²) < 4.78 is 25.2. The van der Waals surface area contributed by atoms with Crippen molar-refractivity contribution >= 4 is 11.6 Å². The highest BCUT2D eigenvalue weighted by Gasteiger charge is 2.46. The summed E-state index contributed by atoms with van der Waals surface area (Å²) in [4.78, 5) is 12.3. The fraction of sp³-hybridized carbons (Fsp3) is 0.278. The highest BCUT2D eigenvalue weighted by Crippen LogP contribution is 2.49. The van der Waals surface area contributed by atoms with Crippen LogP contribution in [0.5, 0.6) is 11.5 Å². The molecule has 2 aromatic rings. The van der Waals surface area contributed by atoms with Crippen molar-refractivity contribution < 1.29 is 18.7 Å². The Morgan fingerprint density at radius 1 is 1.04 bits per heavy atom. The van der Waals surface area contributed by atoms with E-state index in [0.29, 0.717) is 30.3 Å². The third-order valence-electron chi connectivity index (χ3n) is 4.35. The van der Waals surface area contributed by atoms with E-state index in [0.717, 1.165) is 12.8 Å². The average Bonchev–Trinajstić information content (AvgIpc) is 3.36. The number of carbonyl (C=O) groups is 1. The smallest absolute Gasteiger partial charge is 0.255 e. The first-order chi connectivity index (χ1) is 11.2. The lowest BCUT2D eigenvalue weighted by molar-refractivity contribution is 0.102. The molecule has 0 atom stereocenters. The van der Waals surface area contributed by atoms with Crippen LogP contribution in [-0.4, -0.2) is 19.1 Å². The number of benzene rings is 2. The highest BCUT2D eigenvalue weighted by molar-refractivity contribution is 6.04. The Hall–Kier alpha value is -2.56. The molecule has 0 radical (unpaired) electrons. The lowest BCUT2D eigenvalue weighted by Crippen LogP contribution is -2.17. The minimum absolute atomic E-state index is 0.147. The molecule has 0 aromatic heterocycles. The van der Waals surface area contributed by atoms with Crippen LogP contribution >= 0.6 is 0 Å². The summed E-state index contributed by atoms with van der Waals surface area (Å²) in [5.74, 6) is 0.365. The van der Waals surface area contributed by atoms with Gasteiger partial charge < -0.3 is 14.8 Å². The Labute approximate surface area is 133 Å². The number of fused-ring (bicyclic) bond motifs is 1. The molecule has 23 heavy (non-hydrogen) atoms. The van der Waals surface area contributed by atoms with E-state index in [-0.39, 0.29) is 17.0 Å². The molecular weight excluding hydrogens is 297 g/mol. The number of ether oxygens (including phenoxy) is 2. The van der Waals surface area contributed by atoms with Crippen molar-refractivity contribution in [3.63, 3.8) is 0 Å². The topological polar surface area (TPSA) is 47.6 Å². The molecule has 0 bridgehead atoms. The van der Waals surface area contributed by atoms with E-state index >= 15 is 0 Å². The van der Waals surface area contributed by atoms with Gasteiger partial charge in [0.05, 0.1) is 18.9 Å². The van der Waals surface area contributed by atoms with E-state index in [9.17, 15) is 9.18 Å². The number of anilines is 1. The molecule has 2 aromatic carbocycles. The second kappa shape index (κ2) is 5.26. The van der Waals surface area contributed by atoms with Crippen molar-refractivity contribution in [1.29, 1.82) is 0 Å². The van der Waals surface area contributed by atoms with Crippen molar-refractivity contribution in [2.75, 3.05) is 18.5 Å². The van der Waals surface area contributed by atoms with Gasteiger partial charge in [0.15, 0.2) is 11.5 Å². The number of amides is 1. The van der Waals surface area contributed by atoms with Gasteiger partial charge in [0.25, 0.3) is 5.91 Å². The number of para-hydroxylation sites is 1. The van der Waals surface area contributed by atoms with Crippen LogP contribution in [0.3, 0.4) is 0 Å². The van der Waals surface area contributed by atoms with Gasteiger partial charge in [-0.2, -0.15) is 0 Å². The van der Waals surface area contributed by atoms with Crippen molar-refractivity contribution in [2.45, 2.75) is 12.8 Å². The summed E-state index contributed by atoms with van der Waals surface area (Å²) in [6, 6.07) is 11.1. The van der Waals surface area contributed by atoms with Crippen molar-refractivity contribution in [1.82, 2.24) is 0 Å². The number of rotatable bonds is 2. The zero-order chi connectivity index (χ0) is 15.9. The zero-order valence-corrected chi connectivity index (χ0v) is 12.5. The second-order valence-corrected chi connectivity index (χ2v) is 6.17. The predicted molar refractivity (Wildman–Crippen MR) is 83.5 cm³/mol. The molecule has 1 spiro atoms.